The monoisotopic (exact) mass is 726 g/mol. The van der Waals surface area contributed by atoms with Crippen LogP contribution in [0, 0.1) is 11.8 Å². The van der Waals surface area contributed by atoms with E-state index < -0.39 is 11.7 Å². The minimum atomic E-state index is -0.940. The van der Waals surface area contributed by atoms with E-state index in [9.17, 15) is 25.2 Å². The van der Waals surface area contributed by atoms with Gasteiger partial charge in [0.25, 0.3) is 0 Å². The van der Waals surface area contributed by atoms with E-state index >= 15 is 0 Å². The predicted octanol–water partition coefficient (Wildman–Crippen LogP) is 5.58. The second-order valence-electron chi connectivity index (χ2n) is 15.8. The summed E-state index contributed by atoms with van der Waals surface area (Å²) in [6, 6.07) is 22.0. The van der Waals surface area contributed by atoms with Gasteiger partial charge in [-0.25, -0.2) is 0 Å². The first-order valence-corrected chi connectivity index (χ1v) is 19.6. The Morgan fingerprint density at radius 2 is 1.77 bits per heavy atom. The number of aliphatic hydroxyl groups excluding tert-OH is 2. The van der Waals surface area contributed by atoms with Crippen molar-refractivity contribution >= 4 is 10.9 Å². The van der Waals surface area contributed by atoms with Gasteiger partial charge in [-0.05, 0) is 66.6 Å². The largest absolute Gasteiger partial charge is 0.506 e. The van der Waals surface area contributed by atoms with Crippen LogP contribution in [-0.2, 0) is 16.9 Å². The molecule has 0 amide bonds. The number of aromatic nitrogens is 1. The van der Waals surface area contributed by atoms with E-state index in [0.29, 0.717) is 41.3 Å². The Morgan fingerprint density at radius 3 is 2.53 bits per heavy atom. The number of benzene rings is 3. The molecule has 10 heteroatoms. The summed E-state index contributed by atoms with van der Waals surface area (Å²) in [5.41, 5.74) is 2.30. The first-order valence-electron chi connectivity index (χ1n) is 19.6. The summed E-state index contributed by atoms with van der Waals surface area (Å²) in [4.78, 5) is 14.4. The molecule has 4 aromatic rings. The molecule has 4 heterocycles. The van der Waals surface area contributed by atoms with E-state index in [2.05, 4.69) is 22.4 Å². The highest BCUT2D eigenvalue weighted by Gasteiger charge is 2.48. The van der Waals surface area contributed by atoms with Crippen LogP contribution >= 0.6 is 0 Å². The zero-order chi connectivity index (χ0) is 37.0. The standard InChI is InChI=1S/C43H55N3O7/c1-29(44-25-38(49)35-13-15-37(48)42-36(35)14-17-41(50)45-42)31-12-16-39(32(24-31)27-47)52-23-7-20-46-21-18-30(19-22-46)40(26-46)53-28-43(51,34-10-5-6-11-34)33-8-3-2-4-9-33/h2-4,8-9,12-17,24,29-30,34,38,40,44,47,49,51H,5-7,10-11,18-23,25-28H2,1H3,(H-,45,48,50)/p+1/t29-,30?,38-,40-,43+,46?/m0/s1. The normalized spacial score (nSPS) is 23.9. The lowest BCUT2D eigenvalue weighted by molar-refractivity contribution is -0.946. The fourth-order valence-electron chi connectivity index (χ4n) is 9.31. The van der Waals surface area contributed by atoms with Gasteiger partial charge < -0.3 is 44.7 Å². The maximum atomic E-state index is 12.1. The molecule has 1 aromatic heterocycles. The van der Waals surface area contributed by atoms with Gasteiger partial charge in [0, 0.05) is 54.8 Å². The zero-order valence-corrected chi connectivity index (χ0v) is 30.9. The number of aromatic hydroxyl groups is 1. The van der Waals surface area contributed by atoms with Crippen LogP contribution in [0.5, 0.6) is 11.5 Å². The maximum Gasteiger partial charge on any atom is 0.248 e. The number of piperidine rings is 3. The number of phenolic OH excluding ortho intramolecular Hbond substituents is 1. The lowest BCUT2D eigenvalue weighted by Gasteiger charge is -2.53. The van der Waals surface area contributed by atoms with Gasteiger partial charge in [-0.15, -0.1) is 0 Å². The van der Waals surface area contributed by atoms with Crippen LogP contribution in [-0.4, -0.2) is 81.9 Å². The van der Waals surface area contributed by atoms with E-state index in [0.717, 1.165) is 79.5 Å². The van der Waals surface area contributed by atoms with Crippen molar-refractivity contribution in [2.45, 2.75) is 82.3 Å². The number of aliphatic hydroxyl groups is 3. The Balaban J connectivity index is 0.909. The number of rotatable bonds is 16. The highest BCUT2D eigenvalue weighted by molar-refractivity contribution is 5.87. The van der Waals surface area contributed by atoms with Crippen molar-refractivity contribution in [3.8, 4) is 11.5 Å². The highest BCUT2D eigenvalue weighted by atomic mass is 16.5. The molecule has 8 rings (SSSR count). The number of hydrogen-bond acceptors (Lipinski definition) is 8. The molecule has 0 unspecified atom stereocenters. The van der Waals surface area contributed by atoms with Crippen LogP contribution in [0.25, 0.3) is 10.9 Å². The third-order valence-electron chi connectivity index (χ3n) is 12.5. The Kier molecular flexibility index (Phi) is 11.5. The number of H-pyrrole nitrogens is 1. The van der Waals surface area contributed by atoms with Gasteiger partial charge in [-0.2, -0.15) is 0 Å². The van der Waals surface area contributed by atoms with E-state index in [1.54, 1.807) is 12.1 Å². The quantitative estimate of drug-likeness (QED) is 0.0649. The Morgan fingerprint density at radius 1 is 1.00 bits per heavy atom. The molecule has 3 aromatic carbocycles. The molecule has 4 aliphatic rings. The minimum Gasteiger partial charge on any atom is -0.506 e. The molecule has 1 saturated carbocycles. The molecule has 0 radical (unpaired) electrons. The summed E-state index contributed by atoms with van der Waals surface area (Å²) in [6.45, 7) is 7.34. The molecule has 0 spiro atoms. The summed E-state index contributed by atoms with van der Waals surface area (Å²) in [7, 11) is 0. The third kappa shape index (κ3) is 8.18. The topological polar surface area (TPSA) is 144 Å². The maximum absolute atomic E-state index is 12.1. The summed E-state index contributed by atoms with van der Waals surface area (Å²) in [5.74, 6) is 1.43. The highest BCUT2D eigenvalue weighted by Crippen LogP contribution is 2.43. The smallest absolute Gasteiger partial charge is 0.248 e. The minimum absolute atomic E-state index is 0.0457. The molecule has 3 saturated heterocycles. The van der Waals surface area contributed by atoms with E-state index in [1.165, 1.54) is 25.0 Å². The predicted molar refractivity (Wildman–Crippen MR) is 205 cm³/mol. The first-order chi connectivity index (χ1) is 25.7. The molecule has 2 bridgehead atoms. The number of hydrogen-bond donors (Lipinski definition) is 6. The molecular formula is C43H56N3O7+. The number of nitrogens with one attached hydrogen (secondary N) is 2. The number of fused-ring (bicyclic) bond motifs is 4. The summed E-state index contributed by atoms with van der Waals surface area (Å²) in [6.07, 6.45) is 6.94. The van der Waals surface area contributed by atoms with Crippen molar-refractivity contribution in [3.63, 3.8) is 0 Å². The first kappa shape index (κ1) is 37.5. The Labute approximate surface area is 312 Å². The average molecular weight is 727 g/mol. The molecule has 10 nitrogen and oxygen atoms in total. The number of ether oxygens (including phenoxy) is 2. The Hall–Kier alpha value is -3.77. The van der Waals surface area contributed by atoms with Crippen molar-refractivity contribution in [3.05, 3.63) is 105 Å². The molecule has 6 N–H and O–H groups in total. The molecule has 3 aliphatic heterocycles. The lowest BCUT2D eigenvalue weighted by atomic mass is 9.80. The lowest BCUT2D eigenvalue weighted by Crippen LogP contribution is -2.65. The fraction of sp³-hybridized carbons (Fsp3) is 0.512. The van der Waals surface area contributed by atoms with Gasteiger partial charge >= 0.3 is 0 Å². The molecular weight excluding hydrogens is 670 g/mol. The second kappa shape index (κ2) is 16.3. The molecule has 4 atom stereocenters. The number of aromatic amines is 1. The molecule has 1 aliphatic carbocycles. The number of nitrogens with zero attached hydrogens (tertiary/aromatic N) is 1. The van der Waals surface area contributed by atoms with Crippen LogP contribution in [0.4, 0.5) is 0 Å². The number of quaternary nitrogens is 1. The van der Waals surface area contributed by atoms with Gasteiger partial charge in [-0.1, -0.05) is 55.3 Å². The zero-order valence-electron chi connectivity index (χ0n) is 30.9. The van der Waals surface area contributed by atoms with Gasteiger partial charge in [0.1, 0.15) is 29.7 Å². The van der Waals surface area contributed by atoms with Crippen LogP contribution in [0.1, 0.15) is 86.3 Å². The van der Waals surface area contributed by atoms with Gasteiger partial charge in [0.2, 0.25) is 5.56 Å². The van der Waals surface area contributed by atoms with Gasteiger partial charge in [0.15, 0.2) is 0 Å². The van der Waals surface area contributed by atoms with Crippen LogP contribution in [0.2, 0.25) is 0 Å². The van der Waals surface area contributed by atoms with Gasteiger partial charge in [0.05, 0.1) is 51.1 Å². The van der Waals surface area contributed by atoms with E-state index in [-0.39, 0.29) is 42.5 Å². The summed E-state index contributed by atoms with van der Waals surface area (Å²) >= 11 is 0. The SMILES string of the molecule is C[C@H](NC[C@H](O)c1ccc(O)c2[nH]c(=O)ccc12)c1ccc(OCCC[N+]23CCC(CC2)[C@@H](OC[C@@](O)(c2ccccc2)C2CCCC2)C3)c(CO)c1. The van der Waals surface area contributed by atoms with E-state index in [1.807, 2.05) is 43.3 Å². The number of phenols is 1. The summed E-state index contributed by atoms with van der Waals surface area (Å²) in [5, 5.41) is 47.5. The average Bonchev–Trinajstić information content (AvgIpc) is 3.75. The van der Waals surface area contributed by atoms with Crippen LogP contribution < -0.4 is 15.6 Å². The molecule has 53 heavy (non-hydrogen) atoms. The number of pyridine rings is 1. The van der Waals surface area contributed by atoms with Crippen molar-refractivity contribution < 1.29 is 34.4 Å². The van der Waals surface area contributed by atoms with Crippen molar-refractivity contribution in [1.29, 1.82) is 0 Å². The molecule has 4 fully saturated rings. The Bertz CT molecular complexity index is 1890. The van der Waals surface area contributed by atoms with Crippen molar-refractivity contribution in [1.82, 2.24) is 10.3 Å². The van der Waals surface area contributed by atoms with E-state index in [4.69, 9.17) is 9.47 Å². The van der Waals surface area contributed by atoms with Crippen molar-refractivity contribution in [2.24, 2.45) is 11.8 Å². The second-order valence-corrected chi connectivity index (χ2v) is 15.8. The summed E-state index contributed by atoms with van der Waals surface area (Å²) < 4.78 is 14.0. The van der Waals surface area contributed by atoms with Crippen LogP contribution in [0.3, 0.4) is 0 Å². The fourth-order valence-corrected chi connectivity index (χ4v) is 9.31. The van der Waals surface area contributed by atoms with Gasteiger partial charge in [-0.3, -0.25) is 4.79 Å². The third-order valence-corrected chi connectivity index (χ3v) is 12.5. The van der Waals surface area contributed by atoms with Crippen LogP contribution in [0.15, 0.2) is 77.6 Å². The molecule has 284 valence electrons. The van der Waals surface area contributed by atoms with Crippen molar-refractivity contribution in [2.75, 3.05) is 45.9 Å².